The van der Waals surface area contributed by atoms with Crippen LogP contribution in [0.25, 0.3) is 43.8 Å². The van der Waals surface area contributed by atoms with Crippen molar-refractivity contribution in [2.24, 2.45) is 47.7 Å². The number of nitrogens with one attached hydrogen (secondary N) is 3. The van der Waals surface area contributed by atoms with Gasteiger partial charge >= 0.3 is 18.3 Å². The number of hydrogen-bond acceptors (Lipinski definition) is 19. The van der Waals surface area contributed by atoms with Crippen molar-refractivity contribution in [3.63, 3.8) is 0 Å². The first kappa shape index (κ1) is 76.8. The summed E-state index contributed by atoms with van der Waals surface area (Å²) >= 11 is 0. The van der Waals surface area contributed by atoms with Gasteiger partial charge in [-0.2, -0.15) is 0 Å². The van der Waals surface area contributed by atoms with E-state index in [4.69, 9.17) is 63.1 Å². The highest BCUT2D eigenvalue weighted by atomic mass is 16.5. The van der Waals surface area contributed by atoms with Gasteiger partial charge in [0, 0.05) is 87.0 Å². The third kappa shape index (κ3) is 15.1. The van der Waals surface area contributed by atoms with Crippen molar-refractivity contribution >= 4 is 103 Å². The lowest BCUT2D eigenvalue weighted by Gasteiger charge is -2.30. The van der Waals surface area contributed by atoms with Crippen molar-refractivity contribution in [3.8, 4) is 33.8 Å². The van der Waals surface area contributed by atoms with Crippen LogP contribution in [0.2, 0.25) is 0 Å². The molecule has 592 valence electrons. The number of fused-ring (bicyclic) bond motifs is 12. The summed E-state index contributed by atoms with van der Waals surface area (Å²) in [5.74, 6) is 3.02. The summed E-state index contributed by atoms with van der Waals surface area (Å²) in [6, 6.07) is 36.0. The second kappa shape index (κ2) is 32.7. The standard InChI is InChI=1S/C49H53N7O8.C40H45N5O5/c1-6-63-32-21-41(56(25-32)46(57)43(27(2)3)53-48(59)61-4)38-22-35-34-23-42-36(20-29(34)15-17-37(35)51-38)33-16-14-30(19-31(33)26-64-42)39-24-50-45(52-39)40-13-10-18-55(40)47(58)44(54-49(60)62-5)28-11-8-7-9-12-28;1-5-49-27-16-35(45(20-27)39(46)37(22(2)3)44-40(47)48-4)33-17-30-29-18-36-31(15-24(29)11-13-32(30)42-33)28-12-10-25(14-26(28)21-50-36)34-19-41-38(43-34)23-8-6-7-9-23/h7-9,11-12,14-17,19-20,23,27,32,40-41,43-44H,6,10,13,18,21-22,24-26H2,1-5H3,(H,53,59)(H,54,60);10-15,18,22-23,27,35,37H,5-9,16-17,19-21H2,1-4H3,(H,44,47)/t32-,40-,41-,43-,44+;27-,35-,37-/m00/s1. The topological polar surface area (TPSA) is 287 Å². The predicted molar refractivity (Wildman–Crippen MR) is 438 cm³/mol. The number of amidine groups is 2. The molecule has 4 fully saturated rings. The van der Waals surface area contributed by atoms with E-state index in [0.717, 1.165) is 136 Å². The Balaban J connectivity index is 0.000000177. The van der Waals surface area contributed by atoms with Crippen molar-refractivity contribution in [1.82, 2.24) is 30.7 Å². The Kier molecular flexibility index (Phi) is 22.0. The molecule has 9 heterocycles. The van der Waals surface area contributed by atoms with Crippen LogP contribution in [-0.4, -0.2) is 195 Å². The lowest BCUT2D eigenvalue weighted by molar-refractivity contribution is -0.135. The average Bonchev–Trinajstić information content (AvgIpc) is 1.37. The van der Waals surface area contributed by atoms with E-state index in [1.54, 1.807) is 4.90 Å². The van der Waals surface area contributed by atoms with Crippen LogP contribution in [0.4, 0.5) is 25.8 Å². The zero-order chi connectivity index (χ0) is 79.2. The minimum atomic E-state index is -0.900. The van der Waals surface area contributed by atoms with E-state index in [-0.39, 0.29) is 59.9 Å². The fraction of sp³-hybridized carbons (Fsp3) is 0.438. The Hall–Kier alpha value is -11.2. The molecule has 3 saturated heterocycles. The first-order valence-corrected chi connectivity index (χ1v) is 40.2. The number of carbonyl (C=O) groups excluding carboxylic acids is 6. The van der Waals surface area contributed by atoms with Crippen LogP contribution >= 0.6 is 0 Å². The van der Waals surface area contributed by atoms with E-state index in [9.17, 15) is 28.8 Å². The Morgan fingerprint density at radius 2 is 0.982 bits per heavy atom. The molecule has 8 atom stereocenters. The largest absolute Gasteiger partial charge is 0.488 e. The maximum absolute atomic E-state index is 14.1. The van der Waals surface area contributed by atoms with Crippen molar-refractivity contribution in [3.05, 3.63) is 154 Å². The quantitative estimate of drug-likeness (QED) is 0.0636. The van der Waals surface area contributed by atoms with Gasteiger partial charge in [0.2, 0.25) is 11.8 Å². The SMILES string of the molecule is CCO[C@H]1C[C@@H](C2=Nc3ccc4cc5c(cc4c3C2)OCc2cc(C3=NC(C4CCCC4)=NC3)ccc2-5)N(C(=O)[C@@H](NC(=O)OC)C(C)C)C1.CCO[C@H]1C[C@@H](C2=Nc3ccc4cc5c(cc4c3C2)OCc2cc(C3=NC([C@@H]4CCCN4C(=O)[C@H](NC(=O)OC)c4ccccc4)=NC3)ccc2-5)N(C(=O)[C@@H](NC(=O)OC)C(C)C)C1. The van der Waals surface area contributed by atoms with Gasteiger partial charge in [-0.05, 0) is 172 Å². The smallest absolute Gasteiger partial charge is 0.407 e. The number of amides is 6. The molecule has 3 N–H and O–H groups in total. The summed E-state index contributed by atoms with van der Waals surface area (Å²) in [4.78, 5) is 114. The molecule has 1 aliphatic carbocycles. The molecule has 0 spiro atoms. The zero-order valence-corrected chi connectivity index (χ0v) is 66.1. The number of ether oxygens (including phenoxy) is 7. The molecule has 7 aromatic rings. The van der Waals surface area contributed by atoms with Crippen LogP contribution in [0.5, 0.6) is 11.5 Å². The molecule has 25 nitrogen and oxygen atoms in total. The maximum Gasteiger partial charge on any atom is 0.407 e. The molecular weight excluding hydrogens is 1450 g/mol. The van der Waals surface area contributed by atoms with Crippen LogP contribution in [0.1, 0.15) is 138 Å². The highest BCUT2D eigenvalue weighted by Crippen LogP contribution is 2.48. The third-order valence-electron chi connectivity index (χ3n) is 24.0. The maximum atomic E-state index is 14.1. The normalized spacial score (nSPS) is 21.1. The van der Waals surface area contributed by atoms with Gasteiger partial charge in [0.15, 0.2) is 0 Å². The van der Waals surface area contributed by atoms with Crippen LogP contribution in [0, 0.1) is 17.8 Å². The molecule has 0 unspecified atom stereocenters. The van der Waals surface area contributed by atoms with Gasteiger partial charge in [0.25, 0.3) is 5.91 Å². The van der Waals surface area contributed by atoms with Crippen molar-refractivity contribution in [2.75, 3.05) is 67.3 Å². The van der Waals surface area contributed by atoms with Gasteiger partial charge < -0.3 is 63.8 Å². The minimum Gasteiger partial charge on any atom is -0.488 e. The second-order valence-corrected chi connectivity index (χ2v) is 31.6. The van der Waals surface area contributed by atoms with Crippen molar-refractivity contribution in [2.45, 2.75) is 167 Å². The molecule has 25 heteroatoms. The zero-order valence-electron chi connectivity index (χ0n) is 66.1. The first-order chi connectivity index (χ1) is 55.3. The number of carbonyl (C=O) groups is 6. The fourth-order valence-corrected chi connectivity index (χ4v) is 18.2. The molecule has 114 heavy (non-hydrogen) atoms. The number of rotatable bonds is 19. The Labute approximate surface area is 663 Å². The molecule has 0 bridgehead atoms. The van der Waals surface area contributed by atoms with E-state index in [1.165, 1.54) is 52.6 Å². The monoisotopic (exact) mass is 1540 g/mol. The summed E-state index contributed by atoms with van der Waals surface area (Å²) in [7, 11) is 3.88. The van der Waals surface area contributed by atoms with Crippen molar-refractivity contribution < 1.29 is 61.9 Å². The van der Waals surface area contributed by atoms with Crippen LogP contribution < -0.4 is 25.4 Å². The number of alkyl carbamates (subject to hydrolysis) is 3. The summed E-state index contributed by atoms with van der Waals surface area (Å²) < 4.78 is 39.5. The summed E-state index contributed by atoms with van der Waals surface area (Å²) in [6.07, 6.45) is 6.78. The predicted octanol–water partition coefficient (Wildman–Crippen LogP) is 13.5. The number of benzene rings is 7. The van der Waals surface area contributed by atoms with Gasteiger partial charge in [-0.15, -0.1) is 0 Å². The van der Waals surface area contributed by atoms with Crippen LogP contribution in [-0.2, 0) is 64.1 Å². The molecule has 7 aromatic carbocycles. The van der Waals surface area contributed by atoms with Gasteiger partial charge in [-0.3, -0.25) is 34.4 Å². The third-order valence-corrected chi connectivity index (χ3v) is 24.0. The summed E-state index contributed by atoms with van der Waals surface area (Å²) in [5, 5.41) is 12.6. The molecule has 9 aliphatic heterocycles. The van der Waals surface area contributed by atoms with Crippen LogP contribution in [0.3, 0.4) is 0 Å². The fourth-order valence-electron chi connectivity index (χ4n) is 18.2. The van der Waals surface area contributed by atoms with Crippen molar-refractivity contribution in [1.29, 1.82) is 0 Å². The average molecular weight is 1540 g/mol. The summed E-state index contributed by atoms with van der Waals surface area (Å²) in [5.41, 5.74) is 17.1. The van der Waals surface area contributed by atoms with Gasteiger partial charge in [0.05, 0.1) is 87.6 Å². The molecule has 0 aromatic heterocycles. The van der Waals surface area contributed by atoms with E-state index in [0.29, 0.717) is 102 Å². The van der Waals surface area contributed by atoms with E-state index >= 15 is 0 Å². The van der Waals surface area contributed by atoms with Crippen LogP contribution in [0.15, 0.2) is 145 Å². The number of hydrogen-bond donors (Lipinski definition) is 3. The van der Waals surface area contributed by atoms with E-state index in [2.05, 4.69) is 94.8 Å². The first-order valence-electron chi connectivity index (χ1n) is 40.2. The lowest BCUT2D eigenvalue weighted by Crippen LogP contribution is -2.54. The summed E-state index contributed by atoms with van der Waals surface area (Å²) in [6.45, 7) is 16.0. The Morgan fingerprint density at radius 3 is 1.46 bits per heavy atom. The Bertz CT molecular complexity index is 5200. The molecule has 6 amide bonds. The highest BCUT2D eigenvalue weighted by Gasteiger charge is 2.46. The van der Waals surface area contributed by atoms with E-state index < -0.39 is 36.4 Å². The molecule has 1 saturated carbocycles. The molecule has 0 radical (unpaired) electrons. The number of likely N-dealkylation sites (tertiary alicyclic amines) is 3. The number of nitrogens with zero attached hydrogens (tertiary/aromatic N) is 9. The molecule has 17 rings (SSSR count). The lowest BCUT2D eigenvalue weighted by atomic mass is 9.90. The van der Waals surface area contributed by atoms with Gasteiger partial charge in [-0.1, -0.05) is 107 Å². The van der Waals surface area contributed by atoms with E-state index in [1.807, 2.05) is 87.7 Å². The van der Waals surface area contributed by atoms with Gasteiger partial charge in [-0.25, -0.2) is 24.4 Å². The molecule has 10 aliphatic rings. The Morgan fingerprint density at radius 1 is 0.500 bits per heavy atom. The molecular formula is C89H98N12O13. The number of methoxy groups -OCH3 is 3. The number of aliphatic imine (C=N–C) groups is 6. The van der Waals surface area contributed by atoms with Gasteiger partial charge in [0.1, 0.15) is 54.5 Å². The highest BCUT2D eigenvalue weighted by molar-refractivity contribution is 6.16. The second-order valence-electron chi connectivity index (χ2n) is 31.6. The minimum absolute atomic E-state index is 0.105.